The van der Waals surface area contributed by atoms with Gasteiger partial charge in [-0.25, -0.2) is 0 Å². The summed E-state index contributed by atoms with van der Waals surface area (Å²) in [7, 11) is 0. The summed E-state index contributed by atoms with van der Waals surface area (Å²) in [5.41, 5.74) is 0. The summed E-state index contributed by atoms with van der Waals surface area (Å²) in [6, 6.07) is 11.1. The molecule has 0 radical (unpaired) electrons. The van der Waals surface area contributed by atoms with Gasteiger partial charge in [-0.2, -0.15) is 0 Å². The van der Waals surface area contributed by atoms with Crippen molar-refractivity contribution in [3.8, 4) is 0 Å². The van der Waals surface area contributed by atoms with Gasteiger partial charge in [-0.1, -0.05) is 18.2 Å². The molecule has 1 aliphatic carbocycles. The van der Waals surface area contributed by atoms with Crippen LogP contribution in [-0.2, 0) is 0 Å². The number of nitrogens with one attached hydrogen (secondary N) is 2. The van der Waals surface area contributed by atoms with Gasteiger partial charge in [-0.15, -0.1) is 11.8 Å². The molecule has 1 aromatic rings. The Labute approximate surface area is 112 Å². The number of thioether (sulfide) groups is 1. The molecule has 1 saturated carbocycles. The fourth-order valence-corrected chi connectivity index (χ4v) is 3.34. The molecule has 96 valence electrons. The van der Waals surface area contributed by atoms with Gasteiger partial charge in [0.05, 0.1) is 6.54 Å². The number of hydrogen-bond donors (Lipinski definition) is 2. The highest BCUT2D eigenvalue weighted by molar-refractivity contribution is 8.01. The van der Waals surface area contributed by atoms with Gasteiger partial charge in [0.25, 0.3) is 0 Å². The summed E-state index contributed by atoms with van der Waals surface area (Å²) >= 11 is 2.00. The van der Waals surface area contributed by atoms with E-state index >= 15 is 0 Å². The van der Waals surface area contributed by atoms with Crippen molar-refractivity contribution in [2.45, 2.75) is 35.4 Å². The number of benzene rings is 1. The molecule has 0 spiro atoms. The Morgan fingerprint density at radius 2 is 2.17 bits per heavy atom. The fourth-order valence-electron chi connectivity index (χ4n) is 2.10. The summed E-state index contributed by atoms with van der Waals surface area (Å²) in [5, 5.41) is 6.80. The molecule has 1 atom stereocenters. The molecule has 0 amide bonds. The fraction of sp³-hybridized carbons (Fsp3) is 0.500. The summed E-state index contributed by atoms with van der Waals surface area (Å²) in [6.07, 6.45) is 2.59. The van der Waals surface area contributed by atoms with E-state index in [9.17, 15) is 0 Å². The zero-order valence-electron chi connectivity index (χ0n) is 10.6. The summed E-state index contributed by atoms with van der Waals surface area (Å²) in [4.78, 5) is 5.81. The van der Waals surface area contributed by atoms with Crippen LogP contribution >= 0.6 is 11.8 Å². The van der Waals surface area contributed by atoms with Crippen LogP contribution in [0.3, 0.4) is 0 Å². The highest BCUT2D eigenvalue weighted by atomic mass is 32.2. The van der Waals surface area contributed by atoms with E-state index in [4.69, 9.17) is 0 Å². The van der Waals surface area contributed by atoms with Crippen LogP contribution < -0.4 is 10.6 Å². The molecule has 1 aromatic carbocycles. The van der Waals surface area contributed by atoms with E-state index in [1.165, 1.54) is 17.7 Å². The summed E-state index contributed by atoms with van der Waals surface area (Å²) in [6.45, 7) is 4.05. The van der Waals surface area contributed by atoms with Crippen LogP contribution in [0, 0.1) is 0 Å². The zero-order valence-corrected chi connectivity index (χ0v) is 11.5. The van der Waals surface area contributed by atoms with Crippen molar-refractivity contribution >= 4 is 17.7 Å². The lowest BCUT2D eigenvalue weighted by Crippen LogP contribution is -2.41. The molecule has 3 rings (SSSR count). The Morgan fingerprint density at radius 3 is 2.78 bits per heavy atom. The van der Waals surface area contributed by atoms with Crippen molar-refractivity contribution in [1.29, 1.82) is 0 Å². The average Bonchev–Trinajstić information content (AvgIpc) is 3.02. The molecular weight excluding hydrogens is 242 g/mol. The van der Waals surface area contributed by atoms with Crippen molar-refractivity contribution in [1.82, 2.24) is 10.6 Å². The maximum absolute atomic E-state index is 4.44. The molecule has 18 heavy (non-hydrogen) atoms. The molecule has 1 heterocycles. The Balaban J connectivity index is 1.53. The van der Waals surface area contributed by atoms with Gasteiger partial charge in [-0.3, -0.25) is 4.99 Å². The third-order valence-corrected chi connectivity index (χ3v) is 4.86. The first kappa shape index (κ1) is 11.9. The van der Waals surface area contributed by atoms with E-state index in [0.717, 1.165) is 19.0 Å². The van der Waals surface area contributed by atoms with Crippen molar-refractivity contribution in [3.63, 3.8) is 0 Å². The molecule has 2 aliphatic rings. The second-order valence-electron chi connectivity index (χ2n) is 5.19. The van der Waals surface area contributed by atoms with Crippen molar-refractivity contribution in [3.05, 3.63) is 30.3 Å². The van der Waals surface area contributed by atoms with Crippen LogP contribution in [0.2, 0.25) is 0 Å². The maximum Gasteiger partial charge on any atom is 0.191 e. The topological polar surface area (TPSA) is 36.4 Å². The first-order chi connectivity index (χ1) is 8.76. The van der Waals surface area contributed by atoms with Crippen LogP contribution in [0.4, 0.5) is 0 Å². The second-order valence-corrected chi connectivity index (χ2v) is 6.73. The molecule has 1 fully saturated rings. The molecule has 1 unspecified atom stereocenters. The van der Waals surface area contributed by atoms with Gasteiger partial charge in [0, 0.05) is 22.2 Å². The maximum atomic E-state index is 4.44. The second kappa shape index (κ2) is 4.84. The minimum Gasteiger partial charge on any atom is -0.355 e. The van der Waals surface area contributed by atoms with E-state index < -0.39 is 0 Å². The Bertz CT molecular complexity index is 440. The number of hydrogen-bond acceptors (Lipinski definition) is 4. The average molecular weight is 261 g/mol. The van der Waals surface area contributed by atoms with Gasteiger partial charge in [0.2, 0.25) is 0 Å². The van der Waals surface area contributed by atoms with Crippen LogP contribution in [0.15, 0.2) is 40.2 Å². The summed E-state index contributed by atoms with van der Waals surface area (Å²) in [5.74, 6) is 0.974. The van der Waals surface area contributed by atoms with Gasteiger partial charge in [0.1, 0.15) is 0 Å². The Hall–Kier alpha value is -1.16. The van der Waals surface area contributed by atoms with Crippen molar-refractivity contribution in [2.24, 2.45) is 4.99 Å². The third-order valence-electron chi connectivity index (χ3n) is 3.37. The standard InChI is InChI=1S/C14H19N3S/c1-11-9-15-13(17-11)16-10-14(7-8-14)18-12-5-3-2-4-6-12/h2-6,11H,7-10H2,1H3,(H2,15,16,17). The van der Waals surface area contributed by atoms with E-state index in [1.54, 1.807) is 0 Å². The van der Waals surface area contributed by atoms with Gasteiger partial charge < -0.3 is 10.6 Å². The predicted molar refractivity (Wildman–Crippen MR) is 77.2 cm³/mol. The molecule has 0 bridgehead atoms. The molecule has 0 saturated heterocycles. The normalized spacial score (nSPS) is 24.3. The number of nitrogens with zero attached hydrogens (tertiary/aromatic N) is 1. The monoisotopic (exact) mass is 261 g/mol. The van der Waals surface area contributed by atoms with Gasteiger partial charge in [0.15, 0.2) is 5.96 Å². The quantitative estimate of drug-likeness (QED) is 0.873. The van der Waals surface area contributed by atoms with Crippen LogP contribution in [-0.4, -0.2) is 29.8 Å². The van der Waals surface area contributed by atoms with E-state index in [2.05, 4.69) is 52.9 Å². The summed E-state index contributed by atoms with van der Waals surface area (Å²) < 4.78 is 0.386. The van der Waals surface area contributed by atoms with Crippen molar-refractivity contribution in [2.75, 3.05) is 13.1 Å². The van der Waals surface area contributed by atoms with E-state index in [1.807, 2.05) is 11.8 Å². The van der Waals surface area contributed by atoms with E-state index in [-0.39, 0.29) is 0 Å². The van der Waals surface area contributed by atoms with Crippen LogP contribution in [0.5, 0.6) is 0 Å². The molecule has 3 nitrogen and oxygen atoms in total. The SMILES string of the molecule is CC1CN=C(NCC2(Sc3ccccc3)CC2)N1. The Kier molecular flexibility index (Phi) is 3.20. The molecular formula is C14H19N3S. The lowest BCUT2D eigenvalue weighted by atomic mass is 10.4. The van der Waals surface area contributed by atoms with Crippen LogP contribution in [0.25, 0.3) is 0 Å². The van der Waals surface area contributed by atoms with Crippen LogP contribution in [0.1, 0.15) is 19.8 Å². The van der Waals surface area contributed by atoms with E-state index in [0.29, 0.717) is 10.8 Å². The minimum atomic E-state index is 0.386. The van der Waals surface area contributed by atoms with Gasteiger partial charge in [-0.05, 0) is 31.9 Å². The molecule has 4 heteroatoms. The highest BCUT2D eigenvalue weighted by Gasteiger charge is 2.43. The number of rotatable bonds is 4. The smallest absolute Gasteiger partial charge is 0.191 e. The predicted octanol–water partition coefficient (Wildman–Crippen LogP) is 2.25. The lowest BCUT2D eigenvalue weighted by molar-refractivity contribution is 0.708. The zero-order chi connectivity index (χ0) is 12.4. The highest BCUT2D eigenvalue weighted by Crippen LogP contribution is 2.51. The number of aliphatic imine (C=N–C) groups is 1. The number of guanidine groups is 1. The first-order valence-electron chi connectivity index (χ1n) is 6.55. The molecule has 2 N–H and O–H groups in total. The Morgan fingerprint density at radius 1 is 1.39 bits per heavy atom. The minimum absolute atomic E-state index is 0.386. The molecule has 1 aliphatic heterocycles. The van der Waals surface area contributed by atoms with Gasteiger partial charge >= 0.3 is 0 Å². The lowest BCUT2D eigenvalue weighted by Gasteiger charge is -2.17. The van der Waals surface area contributed by atoms with Crippen molar-refractivity contribution < 1.29 is 0 Å². The first-order valence-corrected chi connectivity index (χ1v) is 7.36. The largest absolute Gasteiger partial charge is 0.355 e. The molecule has 0 aromatic heterocycles. The third kappa shape index (κ3) is 2.80.